The van der Waals surface area contributed by atoms with Crippen LogP contribution in [0.1, 0.15) is 31.4 Å². The molecule has 0 aliphatic carbocycles. The lowest BCUT2D eigenvalue weighted by Crippen LogP contribution is -2.46. The van der Waals surface area contributed by atoms with Gasteiger partial charge in [0.15, 0.2) is 11.6 Å². The number of ether oxygens (including phenoxy) is 1. The quantitative estimate of drug-likeness (QED) is 0.877. The summed E-state index contributed by atoms with van der Waals surface area (Å²) in [6, 6.07) is 3.31. The third-order valence-electron chi connectivity index (χ3n) is 3.97. The van der Waals surface area contributed by atoms with Gasteiger partial charge in [0.25, 0.3) is 0 Å². The lowest BCUT2D eigenvalue weighted by atomic mass is 10.1. The minimum Gasteiger partial charge on any atom is -0.494 e. The van der Waals surface area contributed by atoms with E-state index >= 15 is 0 Å². The minimum atomic E-state index is -3.42. The van der Waals surface area contributed by atoms with Crippen molar-refractivity contribution in [1.29, 1.82) is 0 Å². The van der Waals surface area contributed by atoms with E-state index in [9.17, 15) is 17.6 Å². The Labute approximate surface area is 135 Å². The zero-order chi connectivity index (χ0) is 17.2. The highest BCUT2D eigenvalue weighted by Crippen LogP contribution is 2.24. The van der Waals surface area contributed by atoms with Crippen LogP contribution < -0.4 is 10.1 Å². The van der Waals surface area contributed by atoms with E-state index in [0.717, 1.165) is 6.26 Å². The van der Waals surface area contributed by atoms with Crippen LogP contribution in [0.15, 0.2) is 18.2 Å². The number of nitrogens with zero attached hydrogens (tertiary/aromatic N) is 1. The molecule has 2 atom stereocenters. The number of methoxy groups -OCH3 is 1. The van der Waals surface area contributed by atoms with E-state index in [2.05, 4.69) is 5.32 Å². The van der Waals surface area contributed by atoms with Gasteiger partial charge in [-0.15, -0.1) is 0 Å². The molecule has 0 bridgehead atoms. The molecule has 0 radical (unpaired) electrons. The van der Waals surface area contributed by atoms with Crippen LogP contribution >= 0.6 is 0 Å². The van der Waals surface area contributed by atoms with Crippen LogP contribution in [0.4, 0.5) is 4.39 Å². The van der Waals surface area contributed by atoms with Gasteiger partial charge in [-0.2, -0.15) is 4.31 Å². The maximum absolute atomic E-state index is 13.7. The summed E-state index contributed by atoms with van der Waals surface area (Å²) in [6.45, 7) is 2.07. The number of nitrogens with one attached hydrogen (secondary N) is 1. The highest BCUT2D eigenvalue weighted by Gasteiger charge is 2.36. The van der Waals surface area contributed by atoms with Crippen LogP contribution in [0.2, 0.25) is 0 Å². The lowest BCUT2D eigenvalue weighted by Gasteiger charge is -2.23. The number of benzene rings is 1. The van der Waals surface area contributed by atoms with Gasteiger partial charge in [-0.3, -0.25) is 4.79 Å². The topological polar surface area (TPSA) is 75.7 Å². The summed E-state index contributed by atoms with van der Waals surface area (Å²) in [5.41, 5.74) is 0.584. The molecule has 0 aromatic heterocycles. The van der Waals surface area contributed by atoms with Crippen molar-refractivity contribution in [1.82, 2.24) is 9.62 Å². The van der Waals surface area contributed by atoms with E-state index in [1.165, 1.54) is 23.5 Å². The average molecular weight is 344 g/mol. The van der Waals surface area contributed by atoms with Crippen molar-refractivity contribution in [2.24, 2.45) is 0 Å². The zero-order valence-electron chi connectivity index (χ0n) is 13.4. The molecule has 6 nitrogen and oxygen atoms in total. The van der Waals surface area contributed by atoms with E-state index in [-0.39, 0.29) is 11.7 Å². The molecule has 1 aliphatic rings. The summed E-state index contributed by atoms with van der Waals surface area (Å²) in [6.07, 6.45) is 2.24. The van der Waals surface area contributed by atoms with Gasteiger partial charge in [0.1, 0.15) is 6.04 Å². The Morgan fingerprint density at radius 3 is 2.74 bits per heavy atom. The van der Waals surface area contributed by atoms with Gasteiger partial charge in [-0.25, -0.2) is 12.8 Å². The lowest BCUT2D eigenvalue weighted by molar-refractivity contribution is -0.124. The second-order valence-corrected chi connectivity index (χ2v) is 7.59. The summed E-state index contributed by atoms with van der Waals surface area (Å²) in [5.74, 6) is -0.743. The van der Waals surface area contributed by atoms with E-state index in [0.29, 0.717) is 24.9 Å². The van der Waals surface area contributed by atoms with Gasteiger partial charge in [0, 0.05) is 6.54 Å². The Bertz CT molecular complexity index is 693. The Morgan fingerprint density at radius 2 is 2.17 bits per heavy atom. The Hall–Kier alpha value is -1.67. The van der Waals surface area contributed by atoms with Gasteiger partial charge in [-0.05, 0) is 37.5 Å². The number of sulfonamides is 1. The monoisotopic (exact) mass is 344 g/mol. The van der Waals surface area contributed by atoms with Crippen LogP contribution in [0.5, 0.6) is 5.75 Å². The third-order valence-corrected chi connectivity index (χ3v) is 5.26. The first kappa shape index (κ1) is 17.7. The first-order chi connectivity index (χ1) is 10.7. The highest BCUT2D eigenvalue weighted by atomic mass is 32.2. The molecule has 1 heterocycles. The van der Waals surface area contributed by atoms with Crippen LogP contribution in [0.25, 0.3) is 0 Å². The second-order valence-electron chi connectivity index (χ2n) is 5.66. The fraction of sp³-hybridized carbons (Fsp3) is 0.533. The molecule has 1 N–H and O–H groups in total. The normalized spacial score (nSPS) is 20.3. The molecular formula is C15H21FN2O4S. The Morgan fingerprint density at radius 1 is 1.48 bits per heavy atom. The molecule has 2 unspecified atom stereocenters. The predicted molar refractivity (Wildman–Crippen MR) is 84.1 cm³/mol. The van der Waals surface area contributed by atoms with Crippen molar-refractivity contribution in [3.8, 4) is 5.75 Å². The molecule has 0 saturated carbocycles. The Balaban J connectivity index is 2.09. The summed E-state index contributed by atoms with van der Waals surface area (Å²) >= 11 is 0. The molecule has 2 rings (SSSR count). The van der Waals surface area contributed by atoms with Gasteiger partial charge in [0.2, 0.25) is 15.9 Å². The largest absolute Gasteiger partial charge is 0.494 e. The third kappa shape index (κ3) is 4.00. The number of carbonyl (C=O) groups is 1. The molecule has 1 saturated heterocycles. The van der Waals surface area contributed by atoms with E-state index in [4.69, 9.17) is 4.74 Å². The Kier molecular flexibility index (Phi) is 5.26. The molecular weight excluding hydrogens is 323 g/mol. The smallest absolute Gasteiger partial charge is 0.238 e. The average Bonchev–Trinajstić information content (AvgIpc) is 2.96. The van der Waals surface area contributed by atoms with Crippen molar-refractivity contribution in [3.05, 3.63) is 29.6 Å². The zero-order valence-corrected chi connectivity index (χ0v) is 14.2. The second kappa shape index (κ2) is 6.84. The molecule has 23 heavy (non-hydrogen) atoms. The maximum Gasteiger partial charge on any atom is 0.238 e. The number of halogens is 1. The first-order valence-corrected chi connectivity index (χ1v) is 9.19. The van der Waals surface area contributed by atoms with E-state index in [1.54, 1.807) is 13.0 Å². The fourth-order valence-corrected chi connectivity index (χ4v) is 3.87. The standard InChI is InChI=1S/C15H21FN2O4S/c1-10(11-6-7-14(22-2)12(16)9-11)17-15(19)13-5-4-8-18(13)23(3,20)21/h6-7,9-10,13H,4-5,8H2,1-3H3,(H,17,19). The van der Waals surface area contributed by atoms with Crippen molar-refractivity contribution < 1.29 is 22.3 Å². The van der Waals surface area contributed by atoms with Crippen molar-refractivity contribution in [2.45, 2.75) is 31.8 Å². The van der Waals surface area contributed by atoms with Gasteiger partial charge < -0.3 is 10.1 Å². The first-order valence-electron chi connectivity index (χ1n) is 7.34. The van der Waals surface area contributed by atoms with Crippen molar-refractivity contribution in [2.75, 3.05) is 19.9 Å². The minimum absolute atomic E-state index is 0.131. The van der Waals surface area contributed by atoms with E-state index in [1.807, 2.05) is 0 Å². The summed E-state index contributed by atoms with van der Waals surface area (Å²) in [7, 11) is -2.04. The summed E-state index contributed by atoms with van der Waals surface area (Å²) in [5, 5.41) is 2.75. The molecule has 1 aromatic rings. The number of hydrogen-bond donors (Lipinski definition) is 1. The van der Waals surface area contributed by atoms with Crippen LogP contribution in [-0.4, -0.2) is 44.6 Å². The predicted octanol–water partition coefficient (Wildman–Crippen LogP) is 1.44. The van der Waals surface area contributed by atoms with Crippen LogP contribution in [0.3, 0.4) is 0 Å². The highest BCUT2D eigenvalue weighted by molar-refractivity contribution is 7.88. The molecule has 1 aliphatic heterocycles. The van der Waals surface area contributed by atoms with Crippen molar-refractivity contribution in [3.63, 3.8) is 0 Å². The maximum atomic E-state index is 13.7. The van der Waals surface area contributed by atoms with Crippen LogP contribution in [-0.2, 0) is 14.8 Å². The van der Waals surface area contributed by atoms with E-state index < -0.39 is 27.9 Å². The number of hydrogen-bond acceptors (Lipinski definition) is 4. The fourth-order valence-electron chi connectivity index (χ4n) is 2.74. The number of amides is 1. The van der Waals surface area contributed by atoms with Gasteiger partial charge in [0.05, 0.1) is 19.4 Å². The molecule has 1 fully saturated rings. The molecule has 0 spiro atoms. The summed E-state index contributed by atoms with van der Waals surface area (Å²) < 4.78 is 43.2. The molecule has 8 heteroatoms. The summed E-state index contributed by atoms with van der Waals surface area (Å²) in [4.78, 5) is 12.4. The van der Waals surface area contributed by atoms with Crippen molar-refractivity contribution >= 4 is 15.9 Å². The van der Waals surface area contributed by atoms with Gasteiger partial charge in [-0.1, -0.05) is 6.07 Å². The van der Waals surface area contributed by atoms with Gasteiger partial charge >= 0.3 is 0 Å². The van der Waals surface area contributed by atoms with Crippen LogP contribution in [0, 0.1) is 5.82 Å². The molecule has 1 amide bonds. The number of rotatable bonds is 5. The molecule has 1 aromatic carbocycles. The SMILES string of the molecule is COc1ccc(C(C)NC(=O)C2CCCN2S(C)(=O)=O)cc1F. The number of carbonyl (C=O) groups excluding carboxylic acids is 1. The molecule has 128 valence electrons.